The van der Waals surface area contributed by atoms with E-state index in [1.807, 2.05) is 67.5 Å². The van der Waals surface area contributed by atoms with Gasteiger partial charge in [-0.05, 0) is 38.4 Å². The zero-order chi connectivity index (χ0) is 18.5. The molecule has 3 rings (SSSR count). The average Bonchev–Trinajstić information content (AvgIpc) is 2.61. The number of nitrogens with zero attached hydrogens (tertiary/aromatic N) is 3. The van der Waals surface area contributed by atoms with Gasteiger partial charge >= 0.3 is 6.03 Å². The van der Waals surface area contributed by atoms with Gasteiger partial charge in [0.1, 0.15) is 5.82 Å². The molecule has 0 atom stereocenters. The average molecular weight is 350 g/mol. The van der Waals surface area contributed by atoms with Gasteiger partial charge in [0, 0.05) is 29.7 Å². The Balaban J connectivity index is 1.78. The van der Waals surface area contributed by atoms with Crippen LogP contribution in [0.2, 0.25) is 0 Å². The number of likely N-dealkylation sites (N-methyl/N-ethyl adjacent to an activating group) is 1. The lowest BCUT2D eigenvalue weighted by Crippen LogP contribution is -2.34. The molecular formula is C19H22N6O. The number of para-hydroxylation sites is 1. The predicted molar refractivity (Wildman–Crippen MR) is 105 cm³/mol. The molecule has 0 radical (unpaired) electrons. The van der Waals surface area contributed by atoms with Crippen LogP contribution in [0.15, 0.2) is 48.5 Å². The van der Waals surface area contributed by atoms with Crippen LogP contribution in [-0.4, -0.2) is 48.1 Å². The first kappa shape index (κ1) is 17.6. The fraction of sp³-hybridized carbons (Fsp3) is 0.211. The molecule has 2 aromatic carbocycles. The first-order valence-electron chi connectivity index (χ1n) is 8.35. The Morgan fingerprint density at radius 3 is 2.73 bits per heavy atom. The van der Waals surface area contributed by atoms with Crippen molar-refractivity contribution in [2.45, 2.75) is 0 Å². The number of amides is 2. The predicted octanol–water partition coefficient (Wildman–Crippen LogP) is 2.56. The Labute approximate surface area is 152 Å². The van der Waals surface area contributed by atoms with Crippen LogP contribution in [0.25, 0.3) is 22.3 Å². The highest BCUT2D eigenvalue weighted by atomic mass is 16.2. The smallest absolute Gasteiger partial charge is 0.319 e. The van der Waals surface area contributed by atoms with Crippen LogP contribution in [0, 0.1) is 0 Å². The Hall–Kier alpha value is -3.19. The molecule has 7 heteroatoms. The minimum absolute atomic E-state index is 0.247. The number of hydrogen-bond donors (Lipinski definition) is 3. The number of nitrogen functional groups attached to an aromatic ring is 1. The maximum Gasteiger partial charge on any atom is 0.319 e. The van der Waals surface area contributed by atoms with Crippen LogP contribution in [0.5, 0.6) is 0 Å². The van der Waals surface area contributed by atoms with Gasteiger partial charge in [-0.25, -0.2) is 14.8 Å². The zero-order valence-electron chi connectivity index (χ0n) is 14.9. The number of rotatable bonds is 5. The van der Waals surface area contributed by atoms with Crippen molar-refractivity contribution in [2.24, 2.45) is 0 Å². The van der Waals surface area contributed by atoms with E-state index >= 15 is 0 Å². The van der Waals surface area contributed by atoms with Gasteiger partial charge in [0.15, 0.2) is 5.82 Å². The number of fused-ring (bicyclic) bond motifs is 1. The molecule has 3 aromatic rings. The van der Waals surface area contributed by atoms with Gasteiger partial charge in [0.25, 0.3) is 0 Å². The van der Waals surface area contributed by atoms with E-state index < -0.39 is 0 Å². The van der Waals surface area contributed by atoms with Crippen molar-refractivity contribution in [1.29, 1.82) is 0 Å². The third kappa shape index (κ3) is 4.25. The number of nitrogens with one attached hydrogen (secondary N) is 2. The highest BCUT2D eigenvalue weighted by molar-refractivity contribution is 5.91. The minimum atomic E-state index is -0.247. The third-order valence-electron chi connectivity index (χ3n) is 3.86. The van der Waals surface area contributed by atoms with Crippen LogP contribution >= 0.6 is 0 Å². The van der Waals surface area contributed by atoms with E-state index in [1.165, 1.54) is 0 Å². The van der Waals surface area contributed by atoms with E-state index in [0.717, 1.165) is 23.0 Å². The first-order chi connectivity index (χ1) is 12.5. The molecule has 1 heterocycles. The maximum absolute atomic E-state index is 12.0. The zero-order valence-corrected chi connectivity index (χ0v) is 14.9. The van der Waals surface area contributed by atoms with Gasteiger partial charge in [-0.15, -0.1) is 0 Å². The number of carbonyl (C=O) groups is 1. The van der Waals surface area contributed by atoms with Crippen LogP contribution in [0.4, 0.5) is 16.3 Å². The van der Waals surface area contributed by atoms with Crippen molar-refractivity contribution in [1.82, 2.24) is 20.2 Å². The summed E-state index contributed by atoms with van der Waals surface area (Å²) in [5.41, 5.74) is 8.30. The summed E-state index contributed by atoms with van der Waals surface area (Å²) in [6, 6.07) is 14.7. The Morgan fingerprint density at radius 1 is 1.12 bits per heavy atom. The fourth-order valence-corrected chi connectivity index (χ4v) is 2.53. The quantitative estimate of drug-likeness (QED) is 0.657. The van der Waals surface area contributed by atoms with E-state index in [9.17, 15) is 4.79 Å². The topological polar surface area (TPSA) is 96.2 Å². The monoisotopic (exact) mass is 350 g/mol. The molecule has 0 aliphatic carbocycles. The SMILES string of the molecule is CN(C)CCNC(=O)Nc1cccc(-c2nc(N)c3ccccc3n2)c1. The van der Waals surface area contributed by atoms with Gasteiger partial charge in [0.2, 0.25) is 0 Å². The molecular weight excluding hydrogens is 328 g/mol. The van der Waals surface area contributed by atoms with Gasteiger partial charge in [-0.2, -0.15) is 0 Å². The van der Waals surface area contributed by atoms with Crippen molar-refractivity contribution < 1.29 is 4.79 Å². The number of anilines is 2. The van der Waals surface area contributed by atoms with Gasteiger partial charge in [-0.3, -0.25) is 0 Å². The molecule has 2 amide bonds. The second-order valence-electron chi connectivity index (χ2n) is 6.21. The van der Waals surface area contributed by atoms with Crippen LogP contribution in [0.1, 0.15) is 0 Å². The van der Waals surface area contributed by atoms with Crippen LogP contribution in [-0.2, 0) is 0 Å². The Bertz CT molecular complexity index is 925. The van der Waals surface area contributed by atoms with Crippen molar-refractivity contribution in [3.05, 3.63) is 48.5 Å². The van der Waals surface area contributed by atoms with Gasteiger partial charge in [-0.1, -0.05) is 24.3 Å². The molecule has 0 aliphatic heterocycles. The Kier molecular flexibility index (Phi) is 5.28. The molecule has 0 aliphatic rings. The molecule has 26 heavy (non-hydrogen) atoms. The first-order valence-corrected chi connectivity index (χ1v) is 8.35. The highest BCUT2D eigenvalue weighted by Crippen LogP contribution is 2.24. The van der Waals surface area contributed by atoms with Gasteiger partial charge in [0.05, 0.1) is 5.52 Å². The van der Waals surface area contributed by atoms with E-state index in [0.29, 0.717) is 23.9 Å². The maximum atomic E-state index is 12.0. The summed E-state index contributed by atoms with van der Waals surface area (Å²) in [5, 5.41) is 6.46. The number of hydrogen-bond acceptors (Lipinski definition) is 5. The summed E-state index contributed by atoms with van der Waals surface area (Å²) in [4.78, 5) is 22.9. The van der Waals surface area contributed by atoms with Crippen LogP contribution in [0.3, 0.4) is 0 Å². The molecule has 7 nitrogen and oxygen atoms in total. The standard InChI is InChI=1S/C19H22N6O/c1-25(2)11-10-21-19(26)22-14-7-5-6-13(12-14)18-23-16-9-4-3-8-15(16)17(20)24-18/h3-9,12H,10-11H2,1-2H3,(H2,20,23,24)(H2,21,22,26). The van der Waals surface area contributed by atoms with Gasteiger partial charge < -0.3 is 21.3 Å². The van der Waals surface area contributed by atoms with E-state index in [4.69, 9.17) is 5.73 Å². The van der Waals surface area contributed by atoms with Crippen molar-refractivity contribution in [3.8, 4) is 11.4 Å². The summed E-state index contributed by atoms with van der Waals surface area (Å²) < 4.78 is 0. The number of aromatic nitrogens is 2. The molecule has 0 unspecified atom stereocenters. The molecule has 0 fully saturated rings. The molecule has 4 N–H and O–H groups in total. The molecule has 134 valence electrons. The molecule has 0 bridgehead atoms. The number of benzene rings is 2. The summed E-state index contributed by atoms with van der Waals surface area (Å²) in [7, 11) is 3.91. The second-order valence-corrected chi connectivity index (χ2v) is 6.21. The molecule has 0 saturated heterocycles. The molecule has 0 spiro atoms. The third-order valence-corrected chi connectivity index (χ3v) is 3.86. The summed E-state index contributed by atoms with van der Waals surface area (Å²) in [6.45, 7) is 1.35. The van der Waals surface area contributed by atoms with Crippen LogP contribution < -0.4 is 16.4 Å². The lowest BCUT2D eigenvalue weighted by molar-refractivity contribution is 0.250. The van der Waals surface area contributed by atoms with E-state index in [2.05, 4.69) is 20.6 Å². The number of urea groups is 1. The van der Waals surface area contributed by atoms with E-state index in [1.54, 1.807) is 0 Å². The normalized spacial score (nSPS) is 10.9. The summed E-state index contributed by atoms with van der Waals surface area (Å²) in [6.07, 6.45) is 0. The molecule has 0 saturated carbocycles. The lowest BCUT2D eigenvalue weighted by Gasteiger charge is -2.12. The van der Waals surface area contributed by atoms with Crippen molar-refractivity contribution in [3.63, 3.8) is 0 Å². The van der Waals surface area contributed by atoms with E-state index in [-0.39, 0.29) is 6.03 Å². The fourth-order valence-electron chi connectivity index (χ4n) is 2.53. The molecule has 1 aromatic heterocycles. The number of carbonyl (C=O) groups excluding carboxylic acids is 1. The van der Waals surface area contributed by atoms with Crippen molar-refractivity contribution >= 4 is 28.4 Å². The minimum Gasteiger partial charge on any atom is -0.383 e. The lowest BCUT2D eigenvalue weighted by atomic mass is 10.1. The summed E-state index contributed by atoms with van der Waals surface area (Å²) in [5.74, 6) is 0.961. The second kappa shape index (κ2) is 7.79. The number of nitrogens with two attached hydrogens (primary N) is 1. The van der Waals surface area contributed by atoms with Crippen molar-refractivity contribution in [2.75, 3.05) is 38.2 Å². The Morgan fingerprint density at radius 2 is 1.92 bits per heavy atom. The largest absolute Gasteiger partial charge is 0.383 e. The summed E-state index contributed by atoms with van der Waals surface area (Å²) >= 11 is 0. The highest BCUT2D eigenvalue weighted by Gasteiger charge is 2.08.